The van der Waals surface area contributed by atoms with Crippen molar-refractivity contribution in [3.63, 3.8) is 0 Å². The van der Waals surface area contributed by atoms with E-state index in [1.165, 1.54) is 42.1 Å². The Morgan fingerprint density at radius 2 is 1.74 bits per heavy atom. The van der Waals surface area contributed by atoms with Gasteiger partial charge >= 0.3 is 6.03 Å². The van der Waals surface area contributed by atoms with E-state index in [0.717, 1.165) is 4.90 Å². The van der Waals surface area contributed by atoms with E-state index in [1.807, 2.05) is 0 Å². The second kappa shape index (κ2) is 10.3. The molecule has 4 aromatic rings. The van der Waals surface area contributed by atoms with Gasteiger partial charge in [-0.2, -0.15) is 0 Å². The fourth-order valence-electron chi connectivity index (χ4n) is 4.14. The van der Waals surface area contributed by atoms with Gasteiger partial charge < -0.3 is 10.1 Å². The SMILES string of the molecule is COc1cccc(CN2C(=O)N/C(=C\c3c(-c4ccc(Cl)cc4)[nH]n(-c4ccc([N+](=O)[O-])cc4)c3=O)C2=O)c1. The fourth-order valence-corrected chi connectivity index (χ4v) is 4.26. The largest absolute Gasteiger partial charge is 0.497 e. The number of nitro groups is 1. The number of nitrogens with one attached hydrogen (secondary N) is 2. The van der Waals surface area contributed by atoms with Crippen molar-refractivity contribution in [3.05, 3.63) is 115 Å². The number of nitro benzene ring substituents is 1. The van der Waals surface area contributed by atoms with Crippen LogP contribution in [0.25, 0.3) is 23.0 Å². The summed E-state index contributed by atoms with van der Waals surface area (Å²) < 4.78 is 6.41. The zero-order chi connectivity index (χ0) is 27.7. The Labute approximate surface area is 226 Å². The summed E-state index contributed by atoms with van der Waals surface area (Å²) in [4.78, 5) is 51.0. The summed E-state index contributed by atoms with van der Waals surface area (Å²) in [6.45, 7) is 0.00339. The molecule has 0 unspecified atom stereocenters. The number of ether oxygens (including phenoxy) is 1. The van der Waals surface area contributed by atoms with Gasteiger partial charge in [0.2, 0.25) is 0 Å². The van der Waals surface area contributed by atoms with Gasteiger partial charge in [0, 0.05) is 22.7 Å². The maximum Gasteiger partial charge on any atom is 0.329 e. The molecule has 1 aromatic heterocycles. The van der Waals surface area contributed by atoms with Gasteiger partial charge in [0.15, 0.2) is 0 Å². The molecule has 1 saturated heterocycles. The molecule has 196 valence electrons. The van der Waals surface area contributed by atoms with E-state index in [2.05, 4.69) is 10.4 Å². The summed E-state index contributed by atoms with van der Waals surface area (Å²) in [6, 6.07) is 18.4. The van der Waals surface area contributed by atoms with Crippen molar-refractivity contribution in [2.24, 2.45) is 0 Å². The van der Waals surface area contributed by atoms with Crippen LogP contribution in [0.1, 0.15) is 11.1 Å². The van der Waals surface area contributed by atoms with E-state index in [-0.39, 0.29) is 23.5 Å². The number of carbonyl (C=O) groups is 2. The van der Waals surface area contributed by atoms with Crippen LogP contribution in [0.15, 0.2) is 83.3 Å². The number of urea groups is 1. The number of non-ortho nitro benzene ring substituents is 1. The van der Waals surface area contributed by atoms with Crippen LogP contribution in [-0.2, 0) is 11.3 Å². The highest BCUT2D eigenvalue weighted by molar-refractivity contribution is 6.30. The van der Waals surface area contributed by atoms with Gasteiger partial charge in [-0.25, -0.2) is 9.48 Å². The molecule has 0 saturated carbocycles. The Hall–Kier alpha value is -5.16. The smallest absolute Gasteiger partial charge is 0.329 e. The Balaban J connectivity index is 1.55. The number of aromatic amines is 1. The Morgan fingerprint density at radius 1 is 1.03 bits per heavy atom. The summed E-state index contributed by atoms with van der Waals surface area (Å²) in [5.74, 6) is -0.0191. The lowest BCUT2D eigenvalue weighted by Gasteiger charge is -2.12. The predicted octanol–water partition coefficient (Wildman–Crippen LogP) is 4.50. The molecule has 1 fully saturated rings. The third-order valence-corrected chi connectivity index (χ3v) is 6.36. The number of H-pyrrole nitrogens is 1. The number of benzene rings is 3. The van der Waals surface area contributed by atoms with Gasteiger partial charge in [0.1, 0.15) is 11.4 Å². The second-order valence-corrected chi connectivity index (χ2v) is 8.99. The first-order valence-corrected chi connectivity index (χ1v) is 12.0. The van der Waals surface area contributed by atoms with Gasteiger partial charge in [-0.3, -0.25) is 29.7 Å². The normalized spacial score (nSPS) is 14.1. The minimum absolute atomic E-state index is 0.00339. The van der Waals surface area contributed by atoms with Gasteiger partial charge in [0.05, 0.1) is 35.5 Å². The van der Waals surface area contributed by atoms with Crippen molar-refractivity contribution in [1.29, 1.82) is 0 Å². The van der Waals surface area contributed by atoms with Gasteiger partial charge in [-0.15, -0.1) is 0 Å². The molecule has 11 nitrogen and oxygen atoms in total. The lowest BCUT2D eigenvalue weighted by Crippen LogP contribution is -2.30. The number of carbonyl (C=O) groups excluding carboxylic acids is 2. The van der Waals surface area contributed by atoms with Crippen LogP contribution >= 0.6 is 11.6 Å². The van der Waals surface area contributed by atoms with Crippen molar-refractivity contribution in [3.8, 4) is 22.7 Å². The van der Waals surface area contributed by atoms with Crippen LogP contribution in [0.5, 0.6) is 5.75 Å². The topological polar surface area (TPSA) is 140 Å². The van der Waals surface area contributed by atoms with Gasteiger partial charge in [-0.1, -0.05) is 35.9 Å². The van der Waals surface area contributed by atoms with E-state index >= 15 is 0 Å². The lowest BCUT2D eigenvalue weighted by molar-refractivity contribution is -0.384. The molecule has 3 aromatic carbocycles. The van der Waals surface area contributed by atoms with E-state index in [1.54, 1.807) is 48.5 Å². The lowest BCUT2D eigenvalue weighted by atomic mass is 10.1. The third kappa shape index (κ3) is 5.03. The fraction of sp³-hybridized carbons (Fsp3) is 0.0741. The van der Waals surface area contributed by atoms with Crippen LogP contribution in [0.4, 0.5) is 10.5 Å². The third-order valence-electron chi connectivity index (χ3n) is 6.10. The molecule has 5 rings (SSSR count). The standard InChI is InChI=1S/C27H20ClN5O6/c1-39-21-4-2-3-16(13-21)15-31-26(35)23(29-27(31)36)14-22-24(17-5-7-18(28)8-6-17)30-32(25(22)34)19-9-11-20(12-10-19)33(37)38/h2-14,30H,15H2,1H3,(H,29,36)/b23-14-. The number of amides is 3. The highest BCUT2D eigenvalue weighted by Gasteiger charge is 2.34. The van der Waals surface area contributed by atoms with Crippen molar-refractivity contribution in [1.82, 2.24) is 20.0 Å². The molecule has 12 heteroatoms. The first-order chi connectivity index (χ1) is 18.7. The van der Waals surface area contributed by atoms with E-state index in [4.69, 9.17) is 16.3 Å². The second-order valence-electron chi connectivity index (χ2n) is 8.55. The summed E-state index contributed by atoms with van der Waals surface area (Å²) in [6.07, 6.45) is 1.32. The molecular weight excluding hydrogens is 526 g/mol. The highest BCUT2D eigenvalue weighted by atomic mass is 35.5. The molecule has 0 radical (unpaired) electrons. The molecule has 0 spiro atoms. The zero-order valence-corrected chi connectivity index (χ0v) is 21.1. The average molecular weight is 546 g/mol. The summed E-state index contributed by atoms with van der Waals surface area (Å²) in [5.41, 5.74) is 1.33. The molecule has 2 N–H and O–H groups in total. The van der Waals surface area contributed by atoms with Crippen LogP contribution < -0.4 is 15.6 Å². The maximum atomic E-state index is 13.5. The van der Waals surface area contributed by atoms with Crippen LogP contribution in [0, 0.1) is 10.1 Å². The van der Waals surface area contributed by atoms with Crippen molar-refractivity contribution in [2.75, 3.05) is 7.11 Å². The Bertz CT molecular complexity index is 1690. The first kappa shape index (κ1) is 25.5. The first-order valence-electron chi connectivity index (χ1n) is 11.6. The Morgan fingerprint density at radius 3 is 2.41 bits per heavy atom. The maximum absolute atomic E-state index is 13.5. The minimum Gasteiger partial charge on any atom is -0.497 e. The van der Waals surface area contributed by atoms with Crippen LogP contribution in [0.2, 0.25) is 5.02 Å². The monoisotopic (exact) mass is 545 g/mol. The summed E-state index contributed by atoms with van der Waals surface area (Å²) in [7, 11) is 1.52. The number of hydrogen-bond acceptors (Lipinski definition) is 6. The van der Waals surface area contributed by atoms with E-state index < -0.39 is 22.4 Å². The van der Waals surface area contributed by atoms with Gasteiger partial charge in [0.25, 0.3) is 17.2 Å². The number of halogens is 1. The highest BCUT2D eigenvalue weighted by Crippen LogP contribution is 2.26. The number of nitrogens with zero attached hydrogens (tertiary/aromatic N) is 3. The molecular formula is C27H20ClN5O6. The molecule has 0 bridgehead atoms. The number of methoxy groups -OCH3 is 1. The van der Waals surface area contributed by atoms with E-state index in [0.29, 0.717) is 33.3 Å². The van der Waals surface area contributed by atoms with Gasteiger partial charge in [-0.05, 0) is 48.0 Å². The molecule has 39 heavy (non-hydrogen) atoms. The summed E-state index contributed by atoms with van der Waals surface area (Å²) >= 11 is 6.04. The zero-order valence-electron chi connectivity index (χ0n) is 20.4. The average Bonchev–Trinajstić information content (AvgIpc) is 3.40. The van der Waals surface area contributed by atoms with Crippen molar-refractivity contribution in [2.45, 2.75) is 6.54 Å². The molecule has 0 atom stereocenters. The summed E-state index contributed by atoms with van der Waals surface area (Å²) in [5, 5.41) is 17.1. The predicted molar refractivity (Wildman–Crippen MR) is 144 cm³/mol. The van der Waals surface area contributed by atoms with Crippen LogP contribution in [-0.4, -0.2) is 38.7 Å². The molecule has 3 amide bonds. The number of aromatic nitrogens is 2. The number of rotatable bonds is 7. The number of hydrogen-bond donors (Lipinski definition) is 2. The van der Waals surface area contributed by atoms with Crippen LogP contribution in [0.3, 0.4) is 0 Å². The van der Waals surface area contributed by atoms with E-state index in [9.17, 15) is 24.5 Å². The van der Waals surface area contributed by atoms with Crippen molar-refractivity contribution >= 4 is 35.3 Å². The van der Waals surface area contributed by atoms with Crippen molar-refractivity contribution < 1.29 is 19.2 Å². The molecule has 1 aliphatic rings. The minimum atomic E-state index is -0.631. The molecule has 1 aliphatic heterocycles. The molecule has 0 aliphatic carbocycles. The quantitative estimate of drug-likeness (QED) is 0.152. The Kier molecular flexibility index (Phi) is 6.73. The molecule has 2 heterocycles. The number of imide groups is 1.